The van der Waals surface area contributed by atoms with Gasteiger partial charge in [0.05, 0.1) is 11.4 Å². The molecule has 0 radical (unpaired) electrons. The minimum absolute atomic E-state index is 0.0536. The number of benzene rings is 2. The van der Waals surface area contributed by atoms with Gasteiger partial charge < -0.3 is 0 Å². The summed E-state index contributed by atoms with van der Waals surface area (Å²) in [4.78, 5) is 9.06. The molecule has 0 fully saturated rings. The number of hydrogen-bond acceptors (Lipinski definition) is 4. The number of thiazole rings is 1. The molecule has 0 N–H and O–H groups in total. The predicted molar refractivity (Wildman–Crippen MR) is 121 cm³/mol. The molecule has 0 saturated carbocycles. The maximum Gasteiger partial charge on any atom is 0.211 e. The Morgan fingerprint density at radius 1 is 1.03 bits per heavy atom. The Kier molecular flexibility index (Phi) is 5.86. The third kappa shape index (κ3) is 4.51. The molecule has 2 aromatic heterocycles. The van der Waals surface area contributed by atoms with E-state index >= 15 is 0 Å². The van der Waals surface area contributed by atoms with Crippen LogP contribution in [-0.2, 0) is 0 Å². The minimum atomic E-state index is -0.722. The summed E-state index contributed by atoms with van der Waals surface area (Å²) < 4.78 is 29.2. The van der Waals surface area contributed by atoms with Gasteiger partial charge in [0, 0.05) is 35.0 Å². The van der Waals surface area contributed by atoms with E-state index in [-0.39, 0.29) is 5.69 Å². The first kappa shape index (κ1) is 20.8. The van der Waals surface area contributed by atoms with Crippen LogP contribution in [0.2, 0.25) is 0 Å². The first-order valence-corrected chi connectivity index (χ1v) is 10.5. The van der Waals surface area contributed by atoms with Crippen LogP contribution in [0, 0.1) is 25.5 Å². The van der Waals surface area contributed by atoms with Gasteiger partial charge in [0.25, 0.3) is 0 Å². The standard InChI is InChI=1S/C24H20F2N4S/c1-15-6-7-18(11-16(15)2)23-14-31-24(28-22-9-8-20(25)12-21(22)26)30(23)29-17(3)19-5-4-10-27-13-19/h4-14H,1-3H3. The van der Waals surface area contributed by atoms with Gasteiger partial charge >= 0.3 is 0 Å². The zero-order valence-corrected chi connectivity index (χ0v) is 18.1. The van der Waals surface area contributed by atoms with Crippen LogP contribution >= 0.6 is 11.3 Å². The number of nitrogens with zero attached hydrogens (tertiary/aromatic N) is 4. The number of pyridine rings is 1. The van der Waals surface area contributed by atoms with Crippen molar-refractivity contribution in [3.05, 3.63) is 99.4 Å². The lowest BCUT2D eigenvalue weighted by atomic mass is 10.1. The maximum absolute atomic E-state index is 14.2. The normalized spacial score (nSPS) is 12.4. The summed E-state index contributed by atoms with van der Waals surface area (Å²) in [6, 6.07) is 13.3. The van der Waals surface area contributed by atoms with E-state index in [0.717, 1.165) is 34.2 Å². The molecule has 0 spiro atoms. The Bertz CT molecular complexity index is 1340. The van der Waals surface area contributed by atoms with Crippen LogP contribution in [0.15, 0.2) is 76.4 Å². The second-order valence-electron chi connectivity index (χ2n) is 7.15. The molecule has 156 valence electrons. The van der Waals surface area contributed by atoms with Crippen LogP contribution in [0.4, 0.5) is 14.5 Å². The van der Waals surface area contributed by atoms with E-state index in [2.05, 4.69) is 36.0 Å². The predicted octanol–water partition coefficient (Wildman–Crippen LogP) is 6.01. The molecule has 0 aliphatic rings. The second-order valence-corrected chi connectivity index (χ2v) is 7.99. The van der Waals surface area contributed by atoms with Gasteiger partial charge in [-0.3, -0.25) is 4.98 Å². The summed E-state index contributed by atoms with van der Waals surface area (Å²) in [7, 11) is 0. The first-order valence-electron chi connectivity index (χ1n) is 9.66. The zero-order chi connectivity index (χ0) is 22.0. The van der Waals surface area contributed by atoms with E-state index in [1.165, 1.54) is 29.0 Å². The molecule has 4 rings (SSSR count). The maximum atomic E-state index is 14.2. The minimum Gasteiger partial charge on any atom is -0.264 e. The lowest BCUT2D eigenvalue weighted by Gasteiger charge is -2.08. The van der Waals surface area contributed by atoms with E-state index in [1.807, 2.05) is 30.5 Å². The molecule has 0 aliphatic heterocycles. The average Bonchev–Trinajstić information content (AvgIpc) is 3.15. The molecule has 2 aromatic carbocycles. The van der Waals surface area contributed by atoms with Gasteiger partial charge in [-0.05, 0) is 56.2 Å². The van der Waals surface area contributed by atoms with E-state index in [0.29, 0.717) is 4.80 Å². The molecular weight excluding hydrogens is 414 g/mol. The molecular formula is C24H20F2N4S. The molecule has 4 nitrogen and oxygen atoms in total. The molecule has 0 aliphatic carbocycles. The Morgan fingerprint density at radius 2 is 1.87 bits per heavy atom. The van der Waals surface area contributed by atoms with Crippen molar-refractivity contribution in [2.24, 2.45) is 10.1 Å². The van der Waals surface area contributed by atoms with E-state index in [9.17, 15) is 8.78 Å². The van der Waals surface area contributed by atoms with Crippen LogP contribution in [-0.4, -0.2) is 15.4 Å². The van der Waals surface area contributed by atoms with Crippen molar-refractivity contribution in [1.29, 1.82) is 0 Å². The molecule has 2 heterocycles. The van der Waals surface area contributed by atoms with Crippen molar-refractivity contribution in [2.75, 3.05) is 0 Å². The number of rotatable bonds is 4. The fraction of sp³-hybridized carbons (Fsp3) is 0.125. The molecule has 31 heavy (non-hydrogen) atoms. The molecule has 0 amide bonds. The summed E-state index contributed by atoms with van der Waals surface area (Å²) in [5, 5.41) is 6.71. The molecule has 0 unspecified atom stereocenters. The highest BCUT2D eigenvalue weighted by Gasteiger charge is 2.11. The number of aromatic nitrogens is 2. The van der Waals surface area contributed by atoms with Gasteiger partial charge in [0.1, 0.15) is 11.5 Å². The van der Waals surface area contributed by atoms with Crippen molar-refractivity contribution in [3.63, 3.8) is 0 Å². The van der Waals surface area contributed by atoms with Gasteiger partial charge in [-0.2, -0.15) is 5.10 Å². The van der Waals surface area contributed by atoms with Crippen molar-refractivity contribution < 1.29 is 8.78 Å². The quantitative estimate of drug-likeness (QED) is 0.363. The highest BCUT2D eigenvalue weighted by Crippen LogP contribution is 2.24. The Morgan fingerprint density at radius 3 is 2.58 bits per heavy atom. The summed E-state index contributed by atoms with van der Waals surface area (Å²) in [5.41, 5.74) is 5.81. The summed E-state index contributed by atoms with van der Waals surface area (Å²) in [6.45, 7) is 6.00. The first-order chi connectivity index (χ1) is 14.9. The lowest BCUT2D eigenvalue weighted by molar-refractivity contribution is 0.584. The van der Waals surface area contributed by atoms with Gasteiger partial charge in [0.2, 0.25) is 4.80 Å². The monoisotopic (exact) mass is 434 g/mol. The molecule has 0 bridgehead atoms. The average molecular weight is 435 g/mol. The highest BCUT2D eigenvalue weighted by molar-refractivity contribution is 7.07. The molecule has 7 heteroatoms. The fourth-order valence-electron chi connectivity index (χ4n) is 3.03. The van der Waals surface area contributed by atoms with Gasteiger partial charge in [-0.1, -0.05) is 18.2 Å². The van der Waals surface area contributed by atoms with E-state index in [1.54, 1.807) is 17.1 Å². The van der Waals surface area contributed by atoms with Crippen molar-refractivity contribution >= 4 is 22.7 Å². The van der Waals surface area contributed by atoms with Crippen LogP contribution < -0.4 is 4.80 Å². The third-order valence-corrected chi connectivity index (χ3v) is 5.76. The third-order valence-electron chi connectivity index (χ3n) is 4.94. The molecule has 4 aromatic rings. The molecule has 0 saturated heterocycles. The van der Waals surface area contributed by atoms with E-state index in [4.69, 9.17) is 5.10 Å². The Labute approximate surface area is 182 Å². The topological polar surface area (TPSA) is 42.5 Å². The number of aryl methyl sites for hydroxylation is 2. The van der Waals surface area contributed by atoms with E-state index < -0.39 is 11.6 Å². The lowest BCUT2D eigenvalue weighted by Crippen LogP contribution is -2.14. The number of hydrogen-bond donors (Lipinski definition) is 0. The van der Waals surface area contributed by atoms with Crippen LogP contribution in [0.25, 0.3) is 11.3 Å². The largest absolute Gasteiger partial charge is 0.264 e. The van der Waals surface area contributed by atoms with Crippen LogP contribution in [0.3, 0.4) is 0 Å². The van der Waals surface area contributed by atoms with Gasteiger partial charge in [0.15, 0.2) is 5.82 Å². The van der Waals surface area contributed by atoms with Gasteiger partial charge in [-0.15, -0.1) is 11.3 Å². The SMILES string of the molecule is CC(=Nn1c(-c2ccc(C)c(C)c2)csc1=Nc1ccc(F)cc1F)c1cccnc1. The van der Waals surface area contributed by atoms with Crippen molar-refractivity contribution in [1.82, 2.24) is 9.66 Å². The smallest absolute Gasteiger partial charge is 0.211 e. The fourth-order valence-corrected chi connectivity index (χ4v) is 3.88. The molecule has 0 atom stereocenters. The van der Waals surface area contributed by atoms with Crippen molar-refractivity contribution in [3.8, 4) is 11.3 Å². The Hall–Kier alpha value is -3.45. The highest BCUT2D eigenvalue weighted by atomic mass is 32.1. The number of halogens is 2. The second kappa shape index (κ2) is 8.73. The zero-order valence-electron chi connectivity index (χ0n) is 17.3. The van der Waals surface area contributed by atoms with Crippen LogP contribution in [0.5, 0.6) is 0 Å². The Balaban J connectivity index is 1.93. The van der Waals surface area contributed by atoms with Crippen molar-refractivity contribution in [2.45, 2.75) is 20.8 Å². The van der Waals surface area contributed by atoms with Gasteiger partial charge in [-0.25, -0.2) is 18.4 Å². The summed E-state index contributed by atoms with van der Waals surface area (Å²) in [5.74, 6) is -1.36. The summed E-state index contributed by atoms with van der Waals surface area (Å²) in [6.07, 6.45) is 3.44. The summed E-state index contributed by atoms with van der Waals surface area (Å²) >= 11 is 1.34. The van der Waals surface area contributed by atoms with Crippen LogP contribution in [0.1, 0.15) is 23.6 Å².